The Balaban J connectivity index is 2.63. The van der Waals surface area contributed by atoms with Crippen LogP contribution in [0.25, 0.3) is 0 Å². The maximum atomic E-state index is 13.4. The van der Waals surface area contributed by atoms with Gasteiger partial charge in [-0.3, -0.25) is 0 Å². The second kappa shape index (κ2) is 6.66. The summed E-state index contributed by atoms with van der Waals surface area (Å²) in [7, 11) is 1.31. The zero-order valence-electron chi connectivity index (χ0n) is 9.03. The molecule has 0 saturated carbocycles. The van der Waals surface area contributed by atoms with Crippen molar-refractivity contribution in [3.05, 3.63) is 29.3 Å². The smallest absolute Gasteiger partial charge is 0.165 e. The highest BCUT2D eigenvalue weighted by atomic mass is 35.5. The topological polar surface area (TPSA) is 21.3 Å². The molecule has 1 aromatic carbocycles. The van der Waals surface area contributed by atoms with Gasteiger partial charge >= 0.3 is 0 Å². The summed E-state index contributed by atoms with van der Waals surface area (Å²) in [5.41, 5.74) is 0.334. The molecule has 0 saturated heterocycles. The fourth-order valence-corrected chi connectivity index (χ4v) is 1.47. The Kier molecular flexibility index (Phi) is 5.49. The van der Waals surface area contributed by atoms with Gasteiger partial charge in [-0.2, -0.15) is 0 Å². The van der Waals surface area contributed by atoms with Crippen LogP contribution in [0.1, 0.15) is 5.56 Å². The molecule has 5 heteroatoms. The molecule has 0 unspecified atom stereocenters. The molecule has 2 nitrogen and oxygen atoms in total. The highest BCUT2D eigenvalue weighted by molar-refractivity contribution is 6.18. The minimum absolute atomic E-state index is 0.0741. The maximum Gasteiger partial charge on any atom is 0.165 e. The van der Waals surface area contributed by atoms with Crippen LogP contribution >= 0.6 is 11.6 Å². The zero-order chi connectivity index (χ0) is 12.0. The predicted molar refractivity (Wildman–Crippen MR) is 60.2 cm³/mol. The Hall–Kier alpha value is -0.870. The third-order valence-electron chi connectivity index (χ3n) is 2.16. The van der Waals surface area contributed by atoms with Crippen LogP contribution in [0.5, 0.6) is 5.75 Å². The van der Waals surface area contributed by atoms with Crippen LogP contribution in [-0.4, -0.2) is 26.1 Å². The van der Waals surface area contributed by atoms with E-state index >= 15 is 0 Å². The molecule has 0 atom stereocenters. The van der Waals surface area contributed by atoms with Gasteiger partial charge in [0.25, 0.3) is 0 Å². The van der Waals surface area contributed by atoms with Crippen LogP contribution in [0.15, 0.2) is 12.1 Å². The summed E-state index contributed by atoms with van der Waals surface area (Å²) in [6, 6.07) is 2.22. The van der Waals surface area contributed by atoms with Gasteiger partial charge in [0.1, 0.15) is 5.82 Å². The average Bonchev–Trinajstić information content (AvgIpc) is 2.28. The molecule has 1 N–H and O–H groups in total. The summed E-state index contributed by atoms with van der Waals surface area (Å²) >= 11 is 5.47. The Bertz CT molecular complexity index is 347. The Morgan fingerprint density at radius 3 is 2.62 bits per heavy atom. The van der Waals surface area contributed by atoms with E-state index in [1.54, 1.807) is 0 Å². The third kappa shape index (κ3) is 3.61. The van der Waals surface area contributed by atoms with Gasteiger partial charge in [0, 0.05) is 18.5 Å². The van der Waals surface area contributed by atoms with Crippen molar-refractivity contribution < 1.29 is 13.5 Å². The molecule has 0 bridgehead atoms. The first-order valence-corrected chi connectivity index (χ1v) is 5.51. The van der Waals surface area contributed by atoms with Gasteiger partial charge in [0.05, 0.1) is 7.11 Å². The predicted octanol–water partition coefficient (Wildman–Crippen LogP) is 2.34. The second-order valence-corrected chi connectivity index (χ2v) is 3.65. The van der Waals surface area contributed by atoms with Gasteiger partial charge < -0.3 is 10.1 Å². The number of ether oxygens (including phenoxy) is 1. The molecule has 90 valence electrons. The van der Waals surface area contributed by atoms with Crippen LogP contribution in [0.2, 0.25) is 0 Å². The largest absolute Gasteiger partial charge is 0.494 e. The summed E-state index contributed by atoms with van der Waals surface area (Å²) in [6.45, 7) is 1.22. The zero-order valence-corrected chi connectivity index (χ0v) is 9.78. The quantitative estimate of drug-likeness (QED) is 0.617. The van der Waals surface area contributed by atoms with E-state index in [2.05, 4.69) is 10.1 Å². The van der Waals surface area contributed by atoms with E-state index in [0.29, 0.717) is 31.0 Å². The highest BCUT2D eigenvalue weighted by Gasteiger charge is 2.09. The number of alkyl halides is 1. The second-order valence-electron chi connectivity index (χ2n) is 3.27. The molecular formula is C11H14ClF2NO. The molecule has 1 rings (SSSR count). The number of rotatable bonds is 6. The number of methoxy groups -OCH3 is 1. The molecule has 0 heterocycles. The van der Waals surface area contributed by atoms with Gasteiger partial charge in [0.15, 0.2) is 11.6 Å². The lowest BCUT2D eigenvalue weighted by Gasteiger charge is -2.07. The average molecular weight is 250 g/mol. The first-order valence-electron chi connectivity index (χ1n) is 4.97. The summed E-state index contributed by atoms with van der Waals surface area (Å²) in [6.07, 6.45) is 0.420. The van der Waals surface area contributed by atoms with Gasteiger partial charge in [-0.05, 0) is 24.6 Å². The van der Waals surface area contributed by atoms with Crippen LogP contribution in [0, 0.1) is 11.6 Å². The van der Waals surface area contributed by atoms with Crippen LogP contribution < -0.4 is 10.1 Å². The fourth-order valence-electron chi connectivity index (χ4n) is 1.33. The normalized spacial score (nSPS) is 10.5. The molecule has 0 spiro atoms. The van der Waals surface area contributed by atoms with E-state index in [0.717, 1.165) is 12.1 Å². The van der Waals surface area contributed by atoms with Crippen molar-refractivity contribution in [1.29, 1.82) is 0 Å². The number of hydrogen-bond donors (Lipinski definition) is 1. The Labute approximate surface area is 98.6 Å². The monoisotopic (exact) mass is 249 g/mol. The lowest BCUT2D eigenvalue weighted by atomic mass is 10.1. The van der Waals surface area contributed by atoms with Crippen molar-refractivity contribution >= 4 is 11.6 Å². The first kappa shape index (κ1) is 13.2. The molecule has 0 aliphatic rings. The number of hydrogen-bond acceptors (Lipinski definition) is 2. The SMILES string of the molecule is COc1cc(F)c(CCNCCCl)cc1F. The minimum atomic E-state index is -0.545. The van der Waals surface area contributed by atoms with Crippen LogP contribution in [-0.2, 0) is 6.42 Å². The van der Waals surface area contributed by atoms with E-state index < -0.39 is 11.6 Å². The fraction of sp³-hybridized carbons (Fsp3) is 0.455. The van der Waals surface area contributed by atoms with Crippen molar-refractivity contribution in [2.45, 2.75) is 6.42 Å². The molecule has 0 fully saturated rings. The Morgan fingerprint density at radius 1 is 1.25 bits per heavy atom. The lowest BCUT2D eigenvalue weighted by molar-refractivity contribution is 0.381. The maximum absolute atomic E-state index is 13.4. The van der Waals surface area contributed by atoms with Crippen molar-refractivity contribution in [1.82, 2.24) is 5.32 Å². The minimum Gasteiger partial charge on any atom is -0.494 e. The molecular weight excluding hydrogens is 236 g/mol. The molecule has 0 aliphatic heterocycles. The van der Waals surface area contributed by atoms with E-state index in [9.17, 15) is 8.78 Å². The van der Waals surface area contributed by atoms with E-state index in [1.165, 1.54) is 7.11 Å². The lowest BCUT2D eigenvalue weighted by Crippen LogP contribution is -2.19. The molecule has 1 aromatic rings. The van der Waals surface area contributed by atoms with Crippen molar-refractivity contribution in [2.24, 2.45) is 0 Å². The molecule has 16 heavy (non-hydrogen) atoms. The van der Waals surface area contributed by atoms with Crippen LogP contribution in [0.3, 0.4) is 0 Å². The number of halogens is 3. The summed E-state index contributed by atoms with van der Waals surface area (Å²) in [5, 5.41) is 3.01. The summed E-state index contributed by atoms with van der Waals surface area (Å²) in [4.78, 5) is 0. The van der Waals surface area contributed by atoms with E-state index in [4.69, 9.17) is 11.6 Å². The van der Waals surface area contributed by atoms with Gasteiger partial charge in [-0.15, -0.1) is 11.6 Å². The molecule has 0 radical (unpaired) electrons. The highest BCUT2D eigenvalue weighted by Crippen LogP contribution is 2.21. The molecule has 0 amide bonds. The van der Waals surface area contributed by atoms with Gasteiger partial charge in [-0.25, -0.2) is 8.78 Å². The standard InChI is InChI=1S/C11H14ClF2NO/c1-16-11-7-9(13)8(6-10(11)14)2-4-15-5-3-12/h6-7,15H,2-5H2,1H3. The summed E-state index contributed by atoms with van der Waals surface area (Å²) < 4.78 is 31.4. The number of benzene rings is 1. The summed E-state index contributed by atoms with van der Waals surface area (Å²) in [5.74, 6) is -0.573. The van der Waals surface area contributed by atoms with E-state index in [-0.39, 0.29) is 5.75 Å². The third-order valence-corrected chi connectivity index (χ3v) is 2.35. The van der Waals surface area contributed by atoms with Crippen molar-refractivity contribution in [3.8, 4) is 5.75 Å². The van der Waals surface area contributed by atoms with Crippen LogP contribution in [0.4, 0.5) is 8.78 Å². The molecule has 0 aliphatic carbocycles. The Morgan fingerprint density at radius 2 is 2.00 bits per heavy atom. The first-order chi connectivity index (χ1) is 7.69. The van der Waals surface area contributed by atoms with Gasteiger partial charge in [-0.1, -0.05) is 0 Å². The van der Waals surface area contributed by atoms with Crippen molar-refractivity contribution in [2.75, 3.05) is 26.1 Å². The molecule has 0 aromatic heterocycles. The van der Waals surface area contributed by atoms with Crippen molar-refractivity contribution in [3.63, 3.8) is 0 Å². The number of nitrogens with one attached hydrogen (secondary N) is 1. The van der Waals surface area contributed by atoms with Gasteiger partial charge in [0.2, 0.25) is 0 Å². The van der Waals surface area contributed by atoms with E-state index in [1.807, 2.05) is 0 Å².